The van der Waals surface area contributed by atoms with Gasteiger partial charge in [0.2, 0.25) is 0 Å². The van der Waals surface area contributed by atoms with Crippen LogP contribution in [0.15, 0.2) is 30.3 Å². The highest BCUT2D eigenvalue weighted by atomic mass is 16.7. The Balaban J connectivity index is 3.05. The highest BCUT2D eigenvalue weighted by Gasteiger charge is 2.41. The lowest BCUT2D eigenvalue weighted by molar-refractivity contribution is -0.250. The molecule has 26 heavy (non-hydrogen) atoms. The Bertz CT molecular complexity index is 556. The van der Waals surface area contributed by atoms with Crippen LogP contribution in [0.3, 0.4) is 0 Å². The molecule has 0 aliphatic heterocycles. The van der Waals surface area contributed by atoms with Gasteiger partial charge >= 0.3 is 11.9 Å². The van der Waals surface area contributed by atoms with E-state index in [9.17, 15) is 9.59 Å². The van der Waals surface area contributed by atoms with Crippen LogP contribution in [0.2, 0.25) is 0 Å². The fraction of sp³-hybridized carbons (Fsp3) is 0.579. The third-order valence-electron chi connectivity index (χ3n) is 3.49. The van der Waals surface area contributed by atoms with Gasteiger partial charge in [0.15, 0.2) is 18.0 Å². The molecule has 1 aromatic rings. The van der Waals surface area contributed by atoms with Crippen molar-refractivity contribution in [3.05, 3.63) is 35.9 Å². The predicted molar refractivity (Wildman–Crippen MR) is 94.2 cm³/mol. The molecule has 0 radical (unpaired) electrons. The second-order valence-corrected chi connectivity index (χ2v) is 5.86. The molecule has 0 aliphatic rings. The molecule has 7 heteroatoms. The molecule has 0 aromatic heterocycles. The maximum absolute atomic E-state index is 12.4. The van der Waals surface area contributed by atoms with Gasteiger partial charge < -0.3 is 23.7 Å². The second-order valence-electron chi connectivity index (χ2n) is 5.86. The van der Waals surface area contributed by atoms with Gasteiger partial charge in [-0.1, -0.05) is 30.3 Å². The minimum atomic E-state index is -1.33. The summed E-state index contributed by atoms with van der Waals surface area (Å²) in [6.45, 7) is 6.98. The van der Waals surface area contributed by atoms with Gasteiger partial charge in [-0.3, -0.25) is 0 Å². The molecule has 1 aromatic carbocycles. The third kappa shape index (κ3) is 7.11. The lowest BCUT2D eigenvalue weighted by atomic mass is 10.1. The van der Waals surface area contributed by atoms with Crippen molar-refractivity contribution >= 4 is 11.9 Å². The summed E-state index contributed by atoms with van der Waals surface area (Å²) >= 11 is 0. The minimum Gasteiger partial charge on any atom is -0.464 e. The fourth-order valence-electron chi connectivity index (χ4n) is 2.08. The van der Waals surface area contributed by atoms with Crippen molar-refractivity contribution in [2.24, 2.45) is 0 Å². The third-order valence-corrected chi connectivity index (χ3v) is 3.49. The Labute approximate surface area is 154 Å². The van der Waals surface area contributed by atoms with Crippen molar-refractivity contribution in [3.8, 4) is 0 Å². The number of esters is 2. The molecule has 0 heterocycles. The van der Waals surface area contributed by atoms with Gasteiger partial charge in [0.1, 0.15) is 0 Å². The van der Waals surface area contributed by atoms with E-state index in [4.69, 9.17) is 23.7 Å². The standard InChI is InChI=1S/C19H28O7/c1-6-23-17(20)15(25-13-14-11-9-8-10-12-14)16(18(21)24-7-2)26-19(3,4)22-5/h8-12,15-16H,6-7,13H2,1-5H3/t15-,16-/m1/s1. The minimum absolute atomic E-state index is 0.108. The molecule has 0 fully saturated rings. The van der Waals surface area contributed by atoms with Crippen molar-refractivity contribution in [1.82, 2.24) is 0 Å². The van der Waals surface area contributed by atoms with E-state index < -0.39 is 29.9 Å². The molecule has 2 atom stereocenters. The average Bonchev–Trinajstić information content (AvgIpc) is 2.62. The Kier molecular flexibility index (Phi) is 9.26. The van der Waals surface area contributed by atoms with E-state index in [1.54, 1.807) is 27.7 Å². The molecule has 0 saturated carbocycles. The van der Waals surface area contributed by atoms with Gasteiger partial charge in [-0.05, 0) is 33.3 Å². The summed E-state index contributed by atoms with van der Waals surface area (Å²) in [6, 6.07) is 9.28. The normalized spacial score (nSPS) is 13.7. The zero-order valence-electron chi connectivity index (χ0n) is 16.0. The summed E-state index contributed by atoms with van der Waals surface area (Å²) in [5.41, 5.74) is 0.843. The van der Waals surface area contributed by atoms with Crippen LogP contribution < -0.4 is 0 Å². The fourth-order valence-corrected chi connectivity index (χ4v) is 2.08. The zero-order chi connectivity index (χ0) is 19.6. The van der Waals surface area contributed by atoms with Crippen molar-refractivity contribution in [1.29, 1.82) is 0 Å². The summed E-state index contributed by atoms with van der Waals surface area (Å²) in [7, 11) is 1.44. The molecule has 0 amide bonds. The summed E-state index contributed by atoms with van der Waals surface area (Å²) in [5.74, 6) is -2.55. The molecule has 0 saturated heterocycles. The quantitative estimate of drug-likeness (QED) is 0.438. The summed E-state index contributed by atoms with van der Waals surface area (Å²) in [4.78, 5) is 24.8. The molecule has 0 aliphatic carbocycles. The molecule has 0 spiro atoms. The number of ether oxygens (including phenoxy) is 5. The first-order chi connectivity index (χ1) is 12.3. The van der Waals surface area contributed by atoms with Crippen LogP contribution in [0.4, 0.5) is 0 Å². The van der Waals surface area contributed by atoms with Crippen molar-refractivity contribution in [2.75, 3.05) is 20.3 Å². The van der Waals surface area contributed by atoms with Crippen molar-refractivity contribution in [2.45, 2.75) is 52.3 Å². The highest BCUT2D eigenvalue weighted by molar-refractivity contribution is 5.85. The summed E-state index contributed by atoms with van der Waals surface area (Å²) in [5, 5.41) is 0. The first-order valence-corrected chi connectivity index (χ1v) is 8.56. The smallest absolute Gasteiger partial charge is 0.338 e. The molecule has 146 valence electrons. The molecule has 0 unspecified atom stereocenters. The van der Waals surface area contributed by atoms with E-state index >= 15 is 0 Å². The number of rotatable bonds is 11. The topological polar surface area (TPSA) is 80.3 Å². The number of benzene rings is 1. The van der Waals surface area contributed by atoms with Crippen molar-refractivity contribution < 1.29 is 33.3 Å². The summed E-state index contributed by atoms with van der Waals surface area (Å²) < 4.78 is 26.7. The van der Waals surface area contributed by atoms with Crippen LogP contribution in [0.25, 0.3) is 0 Å². The van der Waals surface area contributed by atoms with E-state index in [0.717, 1.165) is 5.56 Å². The van der Waals surface area contributed by atoms with Crippen LogP contribution in [0.5, 0.6) is 0 Å². The van der Waals surface area contributed by atoms with E-state index in [1.165, 1.54) is 7.11 Å². The Morgan fingerprint density at radius 2 is 1.50 bits per heavy atom. The van der Waals surface area contributed by atoms with E-state index in [1.807, 2.05) is 30.3 Å². The number of hydrogen-bond acceptors (Lipinski definition) is 7. The van der Waals surface area contributed by atoms with Crippen LogP contribution in [-0.2, 0) is 39.9 Å². The molecule has 0 N–H and O–H groups in total. The number of carbonyl (C=O) groups excluding carboxylic acids is 2. The van der Waals surface area contributed by atoms with Gasteiger partial charge in [-0.25, -0.2) is 9.59 Å². The Hall–Kier alpha value is -1.96. The van der Waals surface area contributed by atoms with Gasteiger partial charge in [0.25, 0.3) is 0 Å². The van der Waals surface area contributed by atoms with E-state index in [-0.39, 0.29) is 19.8 Å². The molecular weight excluding hydrogens is 340 g/mol. The zero-order valence-corrected chi connectivity index (χ0v) is 16.0. The first-order valence-electron chi connectivity index (χ1n) is 8.56. The molecule has 1 rings (SSSR count). The SMILES string of the molecule is CCOC(=O)[C@H](OCc1ccccc1)[C@@H](OC(C)(C)OC)C(=O)OCC. The average molecular weight is 368 g/mol. The number of carbonyl (C=O) groups is 2. The monoisotopic (exact) mass is 368 g/mol. The second kappa shape index (κ2) is 10.9. The molecule has 7 nitrogen and oxygen atoms in total. The van der Waals surface area contributed by atoms with Crippen LogP contribution >= 0.6 is 0 Å². The Morgan fingerprint density at radius 3 is 2.00 bits per heavy atom. The lowest BCUT2D eigenvalue weighted by Crippen LogP contribution is -2.49. The van der Waals surface area contributed by atoms with E-state index in [2.05, 4.69) is 0 Å². The largest absolute Gasteiger partial charge is 0.464 e. The summed E-state index contributed by atoms with van der Waals surface area (Å²) in [6.07, 6.45) is -2.61. The molecular formula is C19H28O7. The van der Waals surface area contributed by atoms with Crippen LogP contribution in [0.1, 0.15) is 33.3 Å². The first kappa shape index (κ1) is 22.1. The van der Waals surface area contributed by atoms with Gasteiger partial charge in [-0.15, -0.1) is 0 Å². The maximum atomic E-state index is 12.4. The number of hydrogen-bond donors (Lipinski definition) is 0. The van der Waals surface area contributed by atoms with Crippen LogP contribution in [-0.4, -0.2) is 50.3 Å². The Morgan fingerprint density at radius 1 is 0.962 bits per heavy atom. The van der Waals surface area contributed by atoms with Gasteiger partial charge in [0.05, 0.1) is 19.8 Å². The maximum Gasteiger partial charge on any atom is 0.338 e. The van der Waals surface area contributed by atoms with E-state index in [0.29, 0.717) is 0 Å². The van der Waals surface area contributed by atoms with Gasteiger partial charge in [0, 0.05) is 7.11 Å². The predicted octanol–water partition coefficient (Wildman–Crippen LogP) is 2.47. The van der Waals surface area contributed by atoms with Gasteiger partial charge in [-0.2, -0.15) is 0 Å². The lowest BCUT2D eigenvalue weighted by Gasteiger charge is -2.31. The molecule has 0 bridgehead atoms. The number of methoxy groups -OCH3 is 1. The highest BCUT2D eigenvalue weighted by Crippen LogP contribution is 2.20. The van der Waals surface area contributed by atoms with Crippen LogP contribution in [0, 0.1) is 0 Å². The van der Waals surface area contributed by atoms with Crippen molar-refractivity contribution in [3.63, 3.8) is 0 Å².